The predicted octanol–water partition coefficient (Wildman–Crippen LogP) is 2.21. The maximum Gasteiger partial charge on any atom is 0.335 e. The first-order valence-corrected chi connectivity index (χ1v) is 8.38. The summed E-state index contributed by atoms with van der Waals surface area (Å²) in [4.78, 5) is 31.4. The lowest BCUT2D eigenvalue weighted by molar-refractivity contribution is 0.0696. The summed E-state index contributed by atoms with van der Waals surface area (Å²) in [7, 11) is 0. The molecule has 1 aromatic heterocycles. The molecule has 3 heterocycles. The van der Waals surface area contributed by atoms with Crippen LogP contribution in [0.5, 0.6) is 11.5 Å². The summed E-state index contributed by atoms with van der Waals surface area (Å²) in [6, 6.07) is 9.85. The molecule has 2 aliphatic heterocycles. The van der Waals surface area contributed by atoms with Gasteiger partial charge in [0.05, 0.1) is 24.3 Å². The van der Waals surface area contributed by atoms with Crippen LogP contribution < -0.4 is 15.0 Å². The summed E-state index contributed by atoms with van der Waals surface area (Å²) >= 11 is 0. The molecule has 0 saturated carbocycles. The molecule has 1 unspecified atom stereocenters. The molecule has 27 heavy (non-hydrogen) atoms. The van der Waals surface area contributed by atoms with Crippen LogP contribution in [0.3, 0.4) is 0 Å². The summed E-state index contributed by atoms with van der Waals surface area (Å²) in [6.45, 7) is 2.93. The van der Waals surface area contributed by atoms with Crippen LogP contribution in [0.2, 0.25) is 0 Å². The van der Waals surface area contributed by atoms with Crippen molar-refractivity contribution < 1.29 is 19.4 Å². The number of nitrogens with one attached hydrogen (secondary N) is 1. The van der Waals surface area contributed by atoms with Crippen LogP contribution in [-0.4, -0.2) is 59.2 Å². The zero-order chi connectivity index (χ0) is 18.1. The summed E-state index contributed by atoms with van der Waals surface area (Å²) in [6.07, 6.45) is 1.53. The van der Waals surface area contributed by atoms with E-state index < -0.39 is 5.97 Å². The number of pyridine rings is 1. The van der Waals surface area contributed by atoms with Crippen molar-refractivity contribution >= 4 is 30.2 Å². The van der Waals surface area contributed by atoms with E-state index in [0.717, 1.165) is 13.1 Å². The molecule has 2 fully saturated rings. The number of nitrogens with zero attached hydrogens (tertiary/aromatic N) is 3. The second-order valence-electron chi connectivity index (χ2n) is 6.23. The Hall–Kier alpha value is -2.84. The fraction of sp³-hybridized carbons (Fsp3) is 0.278. The number of hydrogen-bond acceptors (Lipinski definition) is 5. The molecule has 1 atom stereocenters. The number of carbonyl (C=O) groups excluding carboxylic acids is 1. The quantitative estimate of drug-likeness (QED) is 0.831. The van der Waals surface area contributed by atoms with Gasteiger partial charge in [-0.3, -0.25) is 4.90 Å². The molecule has 0 aliphatic carbocycles. The van der Waals surface area contributed by atoms with E-state index in [1.165, 1.54) is 18.3 Å². The van der Waals surface area contributed by atoms with Crippen LogP contribution in [0, 0.1) is 0 Å². The average Bonchev–Trinajstić information content (AvgIpc) is 3.00. The molecule has 142 valence electrons. The van der Waals surface area contributed by atoms with E-state index >= 15 is 0 Å². The van der Waals surface area contributed by atoms with Gasteiger partial charge in [0.1, 0.15) is 17.3 Å². The van der Waals surface area contributed by atoms with Gasteiger partial charge in [0.15, 0.2) is 0 Å². The van der Waals surface area contributed by atoms with Crippen LogP contribution >= 0.6 is 12.4 Å². The number of fused-ring (bicyclic) bond motifs is 1. The number of amides is 2. The molecule has 2 aliphatic rings. The number of ether oxygens (including phenoxy) is 1. The molecule has 1 aromatic carbocycles. The second-order valence-corrected chi connectivity index (χ2v) is 6.23. The number of piperazine rings is 1. The first-order chi connectivity index (χ1) is 12.6. The topological polar surface area (TPSA) is 95.0 Å². The Balaban J connectivity index is 0.00000210. The standard InChI is InChI=1S/C18H18N4O4.ClH/c23-17(24)12-2-1-3-14(8-12)26-15-4-5-16(20-10-15)22-11-13-9-19-6-7-21(13)18(22)25;/h1-5,8,10,13,19H,6-7,9,11H2,(H,23,24);1H. The van der Waals surface area contributed by atoms with Crippen LogP contribution in [0.1, 0.15) is 10.4 Å². The molecule has 0 spiro atoms. The average molecular weight is 391 g/mol. The van der Waals surface area contributed by atoms with Gasteiger partial charge in [-0.15, -0.1) is 12.4 Å². The smallest absolute Gasteiger partial charge is 0.335 e. The van der Waals surface area contributed by atoms with Crippen LogP contribution in [0.25, 0.3) is 0 Å². The molecule has 9 heteroatoms. The third kappa shape index (κ3) is 3.81. The number of anilines is 1. The highest BCUT2D eigenvalue weighted by molar-refractivity contribution is 5.94. The molecule has 8 nitrogen and oxygen atoms in total. The molecular formula is C18H19ClN4O4. The zero-order valence-electron chi connectivity index (χ0n) is 14.4. The Bertz CT molecular complexity index is 846. The van der Waals surface area contributed by atoms with Crippen LogP contribution in [0.4, 0.5) is 10.6 Å². The maximum absolute atomic E-state index is 12.5. The molecular weight excluding hydrogens is 372 g/mol. The van der Waals surface area contributed by atoms with Gasteiger partial charge < -0.3 is 20.1 Å². The molecule has 2 amide bonds. The Labute approximate surface area is 162 Å². The highest BCUT2D eigenvalue weighted by Gasteiger charge is 2.39. The number of benzene rings is 1. The van der Waals surface area contributed by atoms with Gasteiger partial charge in [-0.05, 0) is 30.3 Å². The number of aromatic nitrogens is 1. The number of carbonyl (C=O) groups is 2. The van der Waals surface area contributed by atoms with Crippen molar-refractivity contribution in [3.05, 3.63) is 48.2 Å². The normalized spacial score (nSPS) is 18.7. The van der Waals surface area contributed by atoms with Gasteiger partial charge in [0.25, 0.3) is 0 Å². The number of hydrogen-bond donors (Lipinski definition) is 2. The van der Waals surface area contributed by atoms with Crippen molar-refractivity contribution in [1.82, 2.24) is 15.2 Å². The third-order valence-electron chi connectivity index (χ3n) is 4.53. The SMILES string of the molecule is Cl.O=C(O)c1cccc(Oc2ccc(N3CC4CNCCN4C3=O)nc2)c1. The number of carboxylic acids is 1. The number of aromatic carboxylic acids is 1. The molecule has 2 N–H and O–H groups in total. The minimum Gasteiger partial charge on any atom is -0.478 e. The zero-order valence-corrected chi connectivity index (χ0v) is 15.2. The summed E-state index contributed by atoms with van der Waals surface area (Å²) in [5, 5.41) is 12.3. The first-order valence-electron chi connectivity index (χ1n) is 8.38. The van der Waals surface area contributed by atoms with Crippen molar-refractivity contribution in [2.24, 2.45) is 0 Å². The Kier molecular flexibility index (Phi) is 5.48. The van der Waals surface area contributed by atoms with Gasteiger partial charge in [-0.1, -0.05) is 6.07 Å². The summed E-state index contributed by atoms with van der Waals surface area (Å²) in [5.41, 5.74) is 0.153. The van der Waals surface area contributed by atoms with Gasteiger partial charge in [0.2, 0.25) is 0 Å². The Morgan fingerprint density at radius 2 is 2.11 bits per heavy atom. The number of carboxylic acid groups (broad SMARTS) is 1. The molecule has 4 rings (SSSR count). The van der Waals surface area contributed by atoms with E-state index in [1.54, 1.807) is 29.2 Å². The van der Waals surface area contributed by atoms with E-state index in [9.17, 15) is 9.59 Å². The van der Waals surface area contributed by atoms with E-state index in [2.05, 4.69) is 10.3 Å². The highest BCUT2D eigenvalue weighted by Crippen LogP contribution is 2.26. The lowest BCUT2D eigenvalue weighted by Crippen LogP contribution is -2.49. The minimum absolute atomic E-state index is 0. The Morgan fingerprint density at radius 3 is 2.81 bits per heavy atom. The van der Waals surface area contributed by atoms with Crippen molar-refractivity contribution in [3.63, 3.8) is 0 Å². The van der Waals surface area contributed by atoms with Crippen LogP contribution in [-0.2, 0) is 0 Å². The number of urea groups is 1. The van der Waals surface area contributed by atoms with Gasteiger partial charge in [-0.2, -0.15) is 0 Å². The molecule has 0 radical (unpaired) electrons. The van der Waals surface area contributed by atoms with E-state index in [-0.39, 0.29) is 30.0 Å². The fourth-order valence-electron chi connectivity index (χ4n) is 3.23. The van der Waals surface area contributed by atoms with E-state index in [0.29, 0.717) is 30.4 Å². The van der Waals surface area contributed by atoms with Gasteiger partial charge in [0, 0.05) is 19.6 Å². The second kappa shape index (κ2) is 7.81. The minimum atomic E-state index is -1.01. The largest absolute Gasteiger partial charge is 0.478 e. The predicted molar refractivity (Wildman–Crippen MR) is 101 cm³/mol. The van der Waals surface area contributed by atoms with Crippen molar-refractivity contribution in [2.45, 2.75) is 6.04 Å². The number of rotatable bonds is 4. The van der Waals surface area contributed by atoms with Crippen molar-refractivity contribution in [3.8, 4) is 11.5 Å². The van der Waals surface area contributed by atoms with Gasteiger partial charge in [-0.25, -0.2) is 14.6 Å². The van der Waals surface area contributed by atoms with Gasteiger partial charge >= 0.3 is 12.0 Å². The fourth-order valence-corrected chi connectivity index (χ4v) is 3.23. The summed E-state index contributed by atoms with van der Waals surface area (Å²) < 4.78 is 5.66. The molecule has 2 aromatic rings. The van der Waals surface area contributed by atoms with Crippen LogP contribution in [0.15, 0.2) is 42.6 Å². The van der Waals surface area contributed by atoms with Crippen molar-refractivity contribution in [1.29, 1.82) is 0 Å². The lowest BCUT2D eigenvalue weighted by Gasteiger charge is -2.28. The molecule has 2 saturated heterocycles. The Morgan fingerprint density at radius 1 is 1.26 bits per heavy atom. The molecule has 0 bridgehead atoms. The third-order valence-corrected chi connectivity index (χ3v) is 4.53. The van der Waals surface area contributed by atoms with E-state index in [4.69, 9.17) is 9.84 Å². The highest BCUT2D eigenvalue weighted by atomic mass is 35.5. The first kappa shape index (κ1) is 18.9. The summed E-state index contributed by atoms with van der Waals surface area (Å²) in [5.74, 6) is 0.459. The van der Waals surface area contributed by atoms with Crippen molar-refractivity contribution in [2.75, 3.05) is 31.1 Å². The monoisotopic (exact) mass is 390 g/mol. The maximum atomic E-state index is 12.5. The van der Waals surface area contributed by atoms with E-state index in [1.807, 2.05) is 4.90 Å². The number of halogens is 1. The lowest BCUT2D eigenvalue weighted by atomic mass is 10.2.